The molecule has 104 valence electrons. The van der Waals surface area contributed by atoms with Crippen LogP contribution in [-0.4, -0.2) is 18.6 Å². The summed E-state index contributed by atoms with van der Waals surface area (Å²) in [5.41, 5.74) is 1.03. The number of methoxy groups -OCH3 is 1. The molecule has 1 aliphatic rings. The molecule has 20 heavy (non-hydrogen) atoms. The molecule has 1 atom stereocenters. The SMILES string of the molecule is COc1ccc2cc(C3CC(=O)NC3(C)C)ccc2c1. The molecule has 1 saturated heterocycles. The molecule has 1 unspecified atom stereocenters. The maximum absolute atomic E-state index is 11.7. The molecule has 1 amide bonds. The number of ether oxygens (including phenoxy) is 1. The predicted molar refractivity (Wildman–Crippen MR) is 80.1 cm³/mol. The molecule has 3 heteroatoms. The van der Waals surface area contributed by atoms with Crippen molar-refractivity contribution in [1.82, 2.24) is 5.32 Å². The summed E-state index contributed by atoms with van der Waals surface area (Å²) in [5, 5.41) is 5.38. The largest absolute Gasteiger partial charge is 0.497 e. The van der Waals surface area contributed by atoms with E-state index in [1.807, 2.05) is 12.1 Å². The van der Waals surface area contributed by atoms with E-state index in [1.54, 1.807) is 7.11 Å². The highest BCUT2D eigenvalue weighted by Gasteiger charge is 2.39. The zero-order valence-corrected chi connectivity index (χ0v) is 12.1. The highest BCUT2D eigenvalue weighted by molar-refractivity contribution is 5.86. The van der Waals surface area contributed by atoms with Crippen molar-refractivity contribution in [2.24, 2.45) is 0 Å². The van der Waals surface area contributed by atoms with Crippen LogP contribution in [-0.2, 0) is 4.79 Å². The summed E-state index contributed by atoms with van der Waals surface area (Å²) in [6.07, 6.45) is 0.564. The molecule has 0 aromatic heterocycles. The Morgan fingerprint density at radius 2 is 1.85 bits per heavy atom. The van der Waals surface area contributed by atoms with Crippen LogP contribution in [0.1, 0.15) is 31.7 Å². The van der Waals surface area contributed by atoms with Crippen molar-refractivity contribution < 1.29 is 9.53 Å². The Morgan fingerprint density at radius 3 is 2.50 bits per heavy atom. The molecule has 1 fully saturated rings. The van der Waals surface area contributed by atoms with E-state index in [0.29, 0.717) is 6.42 Å². The van der Waals surface area contributed by atoms with Crippen molar-refractivity contribution in [2.45, 2.75) is 31.7 Å². The molecular formula is C17H19NO2. The van der Waals surface area contributed by atoms with Crippen LogP contribution in [0, 0.1) is 0 Å². The van der Waals surface area contributed by atoms with Crippen LogP contribution in [0.25, 0.3) is 10.8 Å². The zero-order chi connectivity index (χ0) is 14.3. The van der Waals surface area contributed by atoms with Gasteiger partial charge in [0.1, 0.15) is 5.75 Å². The maximum Gasteiger partial charge on any atom is 0.221 e. The van der Waals surface area contributed by atoms with Gasteiger partial charge >= 0.3 is 0 Å². The number of carbonyl (C=O) groups is 1. The Bertz CT molecular complexity index is 676. The molecule has 0 radical (unpaired) electrons. The molecule has 2 aromatic rings. The van der Waals surface area contributed by atoms with Gasteiger partial charge in [-0.2, -0.15) is 0 Å². The molecule has 3 nitrogen and oxygen atoms in total. The summed E-state index contributed by atoms with van der Waals surface area (Å²) in [7, 11) is 1.67. The maximum atomic E-state index is 11.7. The fraction of sp³-hybridized carbons (Fsp3) is 0.353. The number of nitrogens with one attached hydrogen (secondary N) is 1. The minimum absolute atomic E-state index is 0.134. The summed E-state index contributed by atoms with van der Waals surface area (Å²) in [6.45, 7) is 4.17. The van der Waals surface area contributed by atoms with Crippen LogP contribution in [0.5, 0.6) is 5.75 Å². The first-order valence-electron chi connectivity index (χ1n) is 6.88. The smallest absolute Gasteiger partial charge is 0.221 e. The molecule has 0 aliphatic carbocycles. The van der Waals surface area contributed by atoms with Gasteiger partial charge in [-0.05, 0) is 42.3 Å². The van der Waals surface area contributed by atoms with E-state index in [1.165, 1.54) is 10.9 Å². The molecule has 0 spiro atoms. The molecule has 1 aliphatic heterocycles. The van der Waals surface area contributed by atoms with Gasteiger partial charge in [0.2, 0.25) is 5.91 Å². The van der Waals surface area contributed by atoms with Gasteiger partial charge in [-0.25, -0.2) is 0 Å². The van der Waals surface area contributed by atoms with E-state index in [-0.39, 0.29) is 17.4 Å². The fourth-order valence-electron chi connectivity index (χ4n) is 3.06. The summed E-state index contributed by atoms with van der Waals surface area (Å²) >= 11 is 0. The van der Waals surface area contributed by atoms with E-state index in [2.05, 4.69) is 43.4 Å². The zero-order valence-electron chi connectivity index (χ0n) is 12.1. The van der Waals surface area contributed by atoms with Crippen LogP contribution < -0.4 is 10.1 Å². The van der Waals surface area contributed by atoms with Crippen molar-refractivity contribution in [3.63, 3.8) is 0 Å². The van der Waals surface area contributed by atoms with E-state index in [9.17, 15) is 4.79 Å². The summed E-state index contributed by atoms with van der Waals surface area (Å²) in [6, 6.07) is 12.5. The average molecular weight is 269 g/mol. The number of carbonyl (C=O) groups excluding carboxylic acids is 1. The van der Waals surface area contributed by atoms with Gasteiger partial charge in [-0.3, -0.25) is 4.79 Å². The molecule has 3 rings (SSSR count). The average Bonchev–Trinajstić information content (AvgIpc) is 2.70. The molecule has 2 aromatic carbocycles. The van der Waals surface area contributed by atoms with Gasteiger partial charge in [0, 0.05) is 17.9 Å². The standard InChI is InChI=1S/C17H19NO2/c1-17(2)15(10-16(19)18-17)13-5-4-12-9-14(20-3)7-6-11(12)8-13/h4-9,15H,10H2,1-3H3,(H,18,19). The molecular weight excluding hydrogens is 250 g/mol. The Labute approximate surface area is 118 Å². The topological polar surface area (TPSA) is 38.3 Å². The number of fused-ring (bicyclic) bond motifs is 1. The molecule has 1 heterocycles. The van der Waals surface area contributed by atoms with Crippen LogP contribution in [0.3, 0.4) is 0 Å². The van der Waals surface area contributed by atoms with Gasteiger partial charge in [0.15, 0.2) is 0 Å². The highest BCUT2D eigenvalue weighted by atomic mass is 16.5. The lowest BCUT2D eigenvalue weighted by molar-refractivity contribution is -0.119. The number of amides is 1. The Kier molecular flexibility index (Phi) is 2.93. The van der Waals surface area contributed by atoms with Crippen LogP contribution >= 0.6 is 0 Å². The second-order valence-electron chi connectivity index (χ2n) is 6.00. The van der Waals surface area contributed by atoms with Crippen molar-refractivity contribution in [2.75, 3.05) is 7.11 Å². The van der Waals surface area contributed by atoms with Crippen molar-refractivity contribution in [1.29, 1.82) is 0 Å². The fourth-order valence-corrected chi connectivity index (χ4v) is 3.06. The lowest BCUT2D eigenvalue weighted by Crippen LogP contribution is -2.38. The van der Waals surface area contributed by atoms with Gasteiger partial charge in [-0.1, -0.05) is 24.3 Å². The first-order valence-corrected chi connectivity index (χ1v) is 6.88. The van der Waals surface area contributed by atoms with E-state index >= 15 is 0 Å². The van der Waals surface area contributed by atoms with Gasteiger partial charge < -0.3 is 10.1 Å². The molecule has 0 saturated carbocycles. The predicted octanol–water partition coefficient (Wildman–Crippen LogP) is 3.23. The van der Waals surface area contributed by atoms with Crippen LogP contribution in [0.15, 0.2) is 36.4 Å². The van der Waals surface area contributed by atoms with Gasteiger partial charge in [-0.15, -0.1) is 0 Å². The number of benzene rings is 2. The first kappa shape index (κ1) is 13.0. The minimum atomic E-state index is -0.183. The van der Waals surface area contributed by atoms with E-state index in [4.69, 9.17) is 4.74 Å². The van der Waals surface area contributed by atoms with Crippen molar-refractivity contribution in [3.8, 4) is 5.75 Å². The first-order chi connectivity index (χ1) is 9.49. The minimum Gasteiger partial charge on any atom is -0.497 e. The Balaban J connectivity index is 2.03. The third kappa shape index (κ3) is 2.13. The Hall–Kier alpha value is -2.03. The van der Waals surface area contributed by atoms with Crippen molar-refractivity contribution in [3.05, 3.63) is 42.0 Å². The normalized spacial score (nSPS) is 20.9. The third-order valence-corrected chi connectivity index (χ3v) is 4.20. The van der Waals surface area contributed by atoms with E-state index < -0.39 is 0 Å². The number of rotatable bonds is 2. The number of hydrogen-bond acceptors (Lipinski definition) is 2. The summed E-state index contributed by atoms with van der Waals surface area (Å²) in [4.78, 5) is 11.7. The van der Waals surface area contributed by atoms with Crippen LogP contribution in [0.4, 0.5) is 0 Å². The Morgan fingerprint density at radius 1 is 1.15 bits per heavy atom. The van der Waals surface area contributed by atoms with Crippen molar-refractivity contribution >= 4 is 16.7 Å². The molecule has 0 bridgehead atoms. The lowest BCUT2D eigenvalue weighted by atomic mass is 9.82. The lowest BCUT2D eigenvalue weighted by Gasteiger charge is -2.26. The monoisotopic (exact) mass is 269 g/mol. The number of hydrogen-bond donors (Lipinski definition) is 1. The van der Waals surface area contributed by atoms with Crippen LogP contribution in [0.2, 0.25) is 0 Å². The highest BCUT2D eigenvalue weighted by Crippen LogP contribution is 2.37. The quantitative estimate of drug-likeness (QED) is 0.909. The van der Waals surface area contributed by atoms with Gasteiger partial charge in [0.25, 0.3) is 0 Å². The summed E-state index contributed by atoms with van der Waals surface area (Å²) < 4.78 is 5.24. The van der Waals surface area contributed by atoms with Gasteiger partial charge in [0.05, 0.1) is 7.11 Å². The second-order valence-corrected chi connectivity index (χ2v) is 6.00. The molecule has 1 N–H and O–H groups in total. The van der Waals surface area contributed by atoms with E-state index in [0.717, 1.165) is 11.1 Å². The third-order valence-electron chi connectivity index (χ3n) is 4.20. The second kappa shape index (κ2) is 4.51. The summed E-state index contributed by atoms with van der Waals surface area (Å²) in [5.74, 6) is 1.22.